The molecule has 0 bridgehead atoms. The van der Waals surface area contributed by atoms with Crippen LogP contribution in [0, 0.1) is 5.41 Å². The molecule has 0 aliphatic heterocycles. The maximum absolute atomic E-state index is 11.5. The van der Waals surface area contributed by atoms with Crippen LogP contribution in [-0.4, -0.2) is 31.3 Å². The summed E-state index contributed by atoms with van der Waals surface area (Å²) in [5.74, 6) is 0.243. The van der Waals surface area contributed by atoms with E-state index >= 15 is 0 Å². The molecule has 0 amide bonds. The first-order valence-electron chi connectivity index (χ1n) is 6.25. The first-order chi connectivity index (χ1) is 9.21. The van der Waals surface area contributed by atoms with E-state index in [1.165, 1.54) is 10.9 Å². The summed E-state index contributed by atoms with van der Waals surface area (Å²) in [6.07, 6.45) is 4.74. The van der Waals surface area contributed by atoms with E-state index < -0.39 is 11.4 Å². The van der Waals surface area contributed by atoms with E-state index in [1.54, 1.807) is 12.1 Å². The lowest BCUT2D eigenvalue weighted by Crippen LogP contribution is -2.33. The molecule has 0 spiro atoms. The number of carboxylic acids is 1. The molecule has 1 saturated carbocycles. The molecule has 0 saturated heterocycles. The SMILES string of the molecule is O=C(O)C1(Cn2nnnc2-c2ccco2)CCCC1. The number of hydrogen-bond donors (Lipinski definition) is 1. The lowest BCUT2D eigenvalue weighted by molar-refractivity contribution is -0.149. The molecular formula is C12H14N4O3. The standard InChI is InChI=1S/C12H14N4O3/c17-11(18)12(5-1-2-6-12)8-16-10(13-14-15-16)9-4-3-7-19-9/h3-4,7H,1-2,5-6,8H2,(H,17,18). The largest absolute Gasteiger partial charge is 0.481 e. The van der Waals surface area contributed by atoms with Gasteiger partial charge in [-0.2, -0.15) is 0 Å². The van der Waals surface area contributed by atoms with E-state index in [0.29, 0.717) is 24.4 Å². The van der Waals surface area contributed by atoms with E-state index in [1.807, 2.05) is 0 Å². The molecular weight excluding hydrogens is 248 g/mol. The zero-order valence-corrected chi connectivity index (χ0v) is 10.3. The van der Waals surface area contributed by atoms with Gasteiger partial charge in [-0.1, -0.05) is 12.8 Å². The van der Waals surface area contributed by atoms with Crippen LogP contribution < -0.4 is 0 Å². The van der Waals surface area contributed by atoms with Crippen molar-refractivity contribution in [1.82, 2.24) is 20.2 Å². The van der Waals surface area contributed by atoms with Crippen molar-refractivity contribution >= 4 is 5.97 Å². The Balaban J connectivity index is 1.92. The van der Waals surface area contributed by atoms with Crippen LogP contribution in [0.5, 0.6) is 0 Å². The topological polar surface area (TPSA) is 94.0 Å². The van der Waals surface area contributed by atoms with Crippen molar-refractivity contribution in [2.45, 2.75) is 32.2 Å². The fourth-order valence-electron chi connectivity index (χ4n) is 2.67. The molecule has 7 heteroatoms. The maximum Gasteiger partial charge on any atom is 0.311 e. The summed E-state index contributed by atoms with van der Waals surface area (Å²) < 4.78 is 6.79. The smallest absolute Gasteiger partial charge is 0.311 e. The number of carbonyl (C=O) groups is 1. The predicted octanol–water partition coefficient (Wildman–Crippen LogP) is 1.58. The third kappa shape index (κ3) is 2.00. The van der Waals surface area contributed by atoms with Crippen molar-refractivity contribution < 1.29 is 14.3 Å². The molecule has 19 heavy (non-hydrogen) atoms. The fraction of sp³-hybridized carbons (Fsp3) is 0.500. The number of aliphatic carboxylic acids is 1. The van der Waals surface area contributed by atoms with Gasteiger partial charge in [-0.3, -0.25) is 4.79 Å². The lowest BCUT2D eigenvalue weighted by Gasteiger charge is -2.23. The van der Waals surface area contributed by atoms with Crippen LogP contribution in [0.2, 0.25) is 0 Å². The van der Waals surface area contributed by atoms with Crippen LogP contribution in [0.1, 0.15) is 25.7 Å². The second-order valence-corrected chi connectivity index (χ2v) is 4.93. The second-order valence-electron chi connectivity index (χ2n) is 4.93. The van der Waals surface area contributed by atoms with Crippen molar-refractivity contribution in [1.29, 1.82) is 0 Å². The Labute approximate surface area is 109 Å². The van der Waals surface area contributed by atoms with Crippen LogP contribution in [0.25, 0.3) is 11.6 Å². The normalized spacial score (nSPS) is 17.7. The van der Waals surface area contributed by atoms with Crippen LogP contribution >= 0.6 is 0 Å². The Hall–Kier alpha value is -2.18. The Morgan fingerprint density at radius 2 is 2.26 bits per heavy atom. The zero-order valence-electron chi connectivity index (χ0n) is 10.3. The number of rotatable bonds is 4. The summed E-state index contributed by atoms with van der Waals surface area (Å²) >= 11 is 0. The van der Waals surface area contributed by atoms with Crippen LogP contribution in [0.3, 0.4) is 0 Å². The quantitative estimate of drug-likeness (QED) is 0.898. The van der Waals surface area contributed by atoms with Gasteiger partial charge in [0, 0.05) is 0 Å². The van der Waals surface area contributed by atoms with E-state index in [0.717, 1.165) is 12.8 Å². The molecule has 7 nitrogen and oxygen atoms in total. The molecule has 0 aromatic carbocycles. The van der Waals surface area contributed by atoms with Gasteiger partial charge in [-0.15, -0.1) is 5.10 Å². The molecule has 1 N–H and O–H groups in total. The maximum atomic E-state index is 11.5. The Morgan fingerprint density at radius 3 is 2.89 bits per heavy atom. The molecule has 3 rings (SSSR count). The Bertz CT molecular complexity index is 570. The fourth-order valence-corrected chi connectivity index (χ4v) is 2.67. The summed E-state index contributed by atoms with van der Waals surface area (Å²) in [5.41, 5.74) is -0.753. The molecule has 0 atom stereocenters. The highest BCUT2D eigenvalue weighted by Gasteiger charge is 2.42. The van der Waals surface area contributed by atoms with Crippen molar-refractivity contribution in [3.05, 3.63) is 18.4 Å². The van der Waals surface area contributed by atoms with E-state index in [9.17, 15) is 9.90 Å². The van der Waals surface area contributed by atoms with Gasteiger partial charge in [0.25, 0.3) is 0 Å². The summed E-state index contributed by atoms with van der Waals surface area (Å²) in [4.78, 5) is 11.5. The second kappa shape index (κ2) is 4.49. The minimum atomic E-state index is -0.772. The highest BCUT2D eigenvalue weighted by molar-refractivity contribution is 5.75. The average molecular weight is 262 g/mol. The van der Waals surface area contributed by atoms with E-state index in [2.05, 4.69) is 15.5 Å². The Kier molecular flexibility index (Phi) is 2.81. The summed E-state index contributed by atoms with van der Waals surface area (Å²) in [6, 6.07) is 3.50. The van der Waals surface area contributed by atoms with Gasteiger partial charge in [0.15, 0.2) is 5.76 Å². The first kappa shape index (κ1) is 11.9. The van der Waals surface area contributed by atoms with Crippen molar-refractivity contribution in [2.24, 2.45) is 5.41 Å². The van der Waals surface area contributed by atoms with Gasteiger partial charge in [0.2, 0.25) is 5.82 Å². The number of carboxylic acid groups (broad SMARTS) is 1. The Morgan fingerprint density at radius 1 is 1.47 bits per heavy atom. The monoisotopic (exact) mass is 262 g/mol. The molecule has 1 aliphatic carbocycles. The molecule has 1 aliphatic rings. The van der Waals surface area contributed by atoms with Crippen LogP contribution in [-0.2, 0) is 11.3 Å². The third-order valence-corrected chi connectivity index (χ3v) is 3.74. The van der Waals surface area contributed by atoms with Gasteiger partial charge in [-0.25, -0.2) is 4.68 Å². The molecule has 2 aromatic rings. The summed E-state index contributed by atoms with van der Waals surface area (Å²) in [6.45, 7) is 0.283. The van der Waals surface area contributed by atoms with Gasteiger partial charge in [0.1, 0.15) is 0 Å². The molecule has 1 fully saturated rings. The number of aromatic nitrogens is 4. The lowest BCUT2D eigenvalue weighted by atomic mass is 9.86. The zero-order chi connectivity index (χ0) is 13.3. The first-order valence-corrected chi connectivity index (χ1v) is 6.25. The summed E-state index contributed by atoms with van der Waals surface area (Å²) in [5, 5.41) is 20.9. The van der Waals surface area contributed by atoms with Gasteiger partial charge in [0.05, 0.1) is 18.2 Å². The molecule has 2 aromatic heterocycles. The van der Waals surface area contributed by atoms with E-state index in [4.69, 9.17) is 4.42 Å². The molecule has 2 heterocycles. The average Bonchev–Trinajstić information content (AvgIpc) is 3.09. The number of furan rings is 1. The van der Waals surface area contributed by atoms with Crippen molar-refractivity contribution in [2.75, 3.05) is 0 Å². The number of tetrazole rings is 1. The van der Waals surface area contributed by atoms with Crippen molar-refractivity contribution in [3.8, 4) is 11.6 Å². The minimum absolute atomic E-state index is 0.283. The van der Waals surface area contributed by atoms with Gasteiger partial charge >= 0.3 is 5.97 Å². The molecule has 100 valence electrons. The highest BCUT2D eigenvalue weighted by Crippen LogP contribution is 2.40. The van der Waals surface area contributed by atoms with Gasteiger partial charge in [-0.05, 0) is 35.4 Å². The van der Waals surface area contributed by atoms with Crippen LogP contribution in [0.4, 0.5) is 0 Å². The number of nitrogens with zero attached hydrogens (tertiary/aromatic N) is 4. The van der Waals surface area contributed by atoms with E-state index in [-0.39, 0.29) is 6.54 Å². The minimum Gasteiger partial charge on any atom is -0.481 e. The summed E-state index contributed by atoms with van der Waals surface area (Å²) in [7, 11) is 0. The highest BCUT2D eigenvalue weighted by atomic mass is 16.4. The molecule has 0 unspecified atom stereocenters. The third-order valence-electron chi connectivity index (χ3n) is 3.74. The van der Waals surface area contributed by atoms with Gasteiger partial charge < -0.3 is 9.52 Å². The van der Waals surface area contributed by atoms with Crippen molar-refractivity contribution in [3.63, 3.8) is 0 Å². The number of hydrogen-bond acceptors (Lipinski definition) is 5. The predicted molar refractivity (Wildman–Crippen MR) is 64.1 cm³/mol. The van der Waals surface area contributed by atoms with Crippen LogP contribution in [0.15, 0.2) is 22.8 Å². The molecule has 0 radical (unpaired) electrons.